The van der Waals surface area contributed by atoms with Crippen molar-refractivity contribution in [1.82, 2.24) is 20.1 Å². The number of halogens is 7. The Bertz CT molecular complexity index is 1600. The second-order valence-electron chi connectivity index (χ2n) is 8.70. The molecule has 5 rings (SSSR count). The number of hydrogen-bond donors (Lipinski definition) is 1. The van der Waals surface area contributed by atoms with E-state index in [1.165, 1.54) is 36.3 Å². The zero-order chi connectivity index (χ0) is 28.1. The van der Waals surface area contributed by atoms with Crippen molar-refractivity contribution in [3.63, 3.8) is 0 Å². The zero-order valence-electron chi connectivity index (χ0n) is 19.8. The van der Waals surface area contributed by atoms with E-state index in [4.69, 9.17) is 4.52 Å². The molecule has 0 saturated heterocycles. The lowest BCUT2D eigenvalue weighted by Crippen LogP contribution is -2.21. The normalized spacial score (nSPS) is 13.6. The maximum absolute atomic E-state index is 14.4. The van der Waals surface area contributed by atoms with Gasteiger partial charge in [0, 0.05) is 17.2 Å². The summed E-state index contributed by atoms with van der Waals surface area (Å²) >= 11 is 0. The monoisotopic (exact) mass is 551 g/mol. The predicted octanol–water partition coefficient (Wildman–Crippen LogP) is 6.46. The fourth-order valence-corrected chi connectivity index (χ4v) is 4.03. The highest BCUT2D eigenvalue weighted by Crippen LogP contribution is 2.40. The molecule has 2 aromatic carbocycles. The van der Waals surface area contributed by atoms with Crippen LogP contribution in [0.4, 0.5) is 30.7 Å². The average Bonchev–Trinajstić information content (AvgIpc) is 3.49. The van der Waals surface area contributed by atoms with Gasteiger partial charge in [-0.3, -0.25) is 9.80 Å². The summed E-state index contributed by atoms with van der Waals surface area (Å²) in [7, 11) is 0. The Morgan fingerprint density at radius 3 is 2.49 bits per heavy atom. The Morgan fingerprint density at radius 1 is 1.03 bits per heavy atom. The predicted molar refractivity (Wildman–Crippen MR) is 123 cm³/mol. The molecule has 14 heteroatoms. The van der Waals surface area contributed by atoms with Gasteiger partial charge in [0.05, 0.1) is 41.7 Å². The molecule has 1 N–H and O–H groups in total. The van der Waals surface area contributed by atoms with Crippen molar-refractivity contribution >= 4 is 12.0 Å². The van der Waals surface area contributed by atoms with Crippen LogP contribution in [0.25, 0.3) is 22.6 Å². The highest BCUT2D eigenvalue weighted by Gasteiger charge is 2.39. The number of aromatic nitrogens is 3. The molecule has 39 heavy (non-hydrogen) atoms. The number of alkyl halides is 6. The molecule has 202 valence electrons. The first-order valence-electron chi connectivity index (χ1n) is 11.2. The number of hydrazone groups is 1. The van der Waals surface area contributed by atoms with Crippen molar-refractivity contribution in [2.45, 2.75) is 32.4 Å². The van der Waals surface area contributed by atoms with Gasteiger partial charge in [0.15, 0.2) is 11.5 Å². The van der Waals surface area contributed by atoms with E-state index >= 15 is 0 Å². The number of nitrogens with one attached hydrogen (secondary N) is 1. The van der Waals surface area contributed by atoms with Gasteiger partial charge >= 0.3 is 12.4 Å². The summed E-state index contributed by atoms with van der Waals surface area (Å²) < 4.78 is 99.0. The first-order chi connectivity index (χ1) is 18.3. The van der Waals surface area contributed by atoms with Crippen LogP contribution in [0.5, 0.6) is 0 Å². The van der Waals surface area contributed by atoms with Crippen LogP contribution in [0.3, 0.4) is 0 Å². The van der Waals surface area contributed by atoms with Crippen LogP contribution in [-0.4, -0.2) is 32.1 Å². The molecule has 0 radical (unpaired) electrons. The molecule has 2 aromatic heterocycles. The number of fused-ring (bicyclic) bond motifs is 1. The van der Waals surface area contributed by atoms with E-state index in [1.54, 1.807) is 0 Å². The molecule has 3 heterocycles. The number of imidazole rings is 1. The lowest BCUT2D eigenvalue weighted by molar-refractivity contribution is -0.142. The lowest BCUT2D eigenvalue weighted by atomic mass is 10.0. The molecular formula is C25H16F7N5O2. The van der Waals surface area contributed by atoms with Gasteiger partial charge in [0.25, 0.3) is 0 Å². The zero-order valence-corrected chi connectivity index (χ0v) is 19.8. The Kier molecular flexibility index (Phi) is 6.27. The smallest absolute Gasteiger partial charge is 0.359 e. The minimum absolute atomic E-state index is 0.0326. The van der Waals surface area contributed by atoms with E-state index in [-0.39, 0.29) is 47.8 Å². The van der Waals surface area contributed by atoms with Crippen LogP contribution in [0.1, 0.15) is 45.6 Å². The lowest BCUT2D eigenvalue weighted by Gasteiger charge is -2.19. The van der Waals surface area contributed by atoms with Gasteiger partial charge in [0.2, 0.25) is 0 Å². The number of benzene rings is 2. The summed E-state index contributed by atoms with van der Waals surface area (Å²) in [5.41, 5.74) is -2.43. The molecule has 0 amide bonds. The first-order valence-corrected chi connectivity index (χ1v) is 11.2. The van der Waals surface area contributed by atoms with Crippen LogP contribution < -0.4 is 0 Å². The Hall–Kier alpha value is -4.49. The second-order valence-corrected chi connectivity index (χ2v) is 8.70. The molecule has 4 aromatic rings. The van der Waals surface area contributed by atoms with Crippen molar-refractivity contribution in [3.8, 4) is 22.6 Å². The standard InChI is InChI=1S/C25H16F7N5O2/c1-12(38)13-2-5-19(26)17(6-13)23-34-21-9-33-37(11-22(21)35-23)10-15-8-20(36-39-15)16-4-3-14(24(27,28)29)7-18(16)25(30,31)32/h2-9H,10-11H2,1H3,(H,34,35). The maximum atomic E-state index is 14.4. The van der Waals surface area contributed by atoms with Gasteiger partial charge in [-0.25, -0.2) is 9.37 Å². The van der Waals surface area contributed by atoms with Crippen LogP contribution in [0, 0.1) is 5.82 Å². The summed E-state index contributed by atoms with van der Waals surface area (Å²) in [6.45, 7) is 1.44. The Morgan fingerprint density at radius 2 is 1.79 bits per heavy atom. The molecule has 0 aliphatic carbocycles. The summed E-state index contributed by atoms with van der Waals surface area (Å²) in [4.78, 5) is 19.0. The number of H-pyrrole nitrogens is 1. The SMILES string of the molecule is CC(=O)c1ccc(F)c(-c2nc3c([nH]2)CN(Cc2cc(-c4ccc(C(F)(F)F)cc4C(F)(F)F)no2)N=C3)c1. The molecule has 0 unspecified atom stereocenters. The average molecular weight is 551 g/mol. The van der Waals surface area contributed by atoms with Gasteiger partial charge in [-0.2, -0.15) is 31.4 Å². The van der Waals surface area contributed by atoms with Crippen LogP contribution >= 0.6 is 0 Å². The highest BCUT2D eigenvalue weighted by molar-refractivity contribution is 5.95. The van der Waals surface area contributed by atoms with Crippen molar-refractivity contribution in [3.05, 3.63) is 82.1 Å². The summed E-state index contributed by atoms with van der Waals surface area (Å²) in [6.07, 6.45) is -8.63. The molecular weight excluding hydrogens is 535 g/mol. The van der Waals surface area contributed by atoms with Crippen molar-refractivity contribution < 1.29 is 40.1 Å². The minimum Gasteiger partial charge on any atom is -0.359 e. The number of rotatable bonds is 5. The van der Waals surface area contributed by atoms with E-state index < -0.39 is 34.9 Å². The van der Waals surface area contributed by atoms with E-state index in [0.717, 1.165) is 6.07 Å². The molecule has 0 atom stereocenters. The molecule has 0 saturated carbocycles. The highest BCUT2D eigenvalue weighted by atomic mass is 19.4. The number of Topliss-reactive ketones (excluding diaryl/α,β-unsaturated/α-hetero) is 1. The maximum Gasteiger partial charge on any atom is 0.417 e. The van der Waals surface area contributed by atoms with E-state index in [2.05, 4.69) is 20.2 Å². The van der Waals surface area contributed by atoms with Crippen molar-refractivity contribution in [2.75, 3.05) is 0 Å². The summed E-state index contributed by atoms with van der Waals surface area (Å²) in [5.74, 6) is -0.558. The van der Waals surface area contributed by atoms with Gasteiger partial charge < -0.3 is 9.51 Å². The third-order valence-corrected chi connectivity index (χ3v) is 5.95. The fourth-order valence-electron chi connectivity index (χ4n) is 4.03. The van der Waals surface area contributed by atoms with Crippen LogP contribution in [-0.2, 0) is 25.4 Å². The molecule has 1 aliphatic rings. The largest absolute Gasteiger partial charge is 0.417 e. The summed E-state index contributed by atoms with van der Waals surface area (Å²) in [5, 5.41) is 9.28. The van der Waals surface area contributed by atoms with Crippen LogP contribution in [0.2, 0.25) is 0 Å². The quantitative estimate of drug-likeness (QED) is 0.227. The molecule has 0 bridgehead atoms. The van der Waals surface area contributed by atoms with Crippen molar-refractivity contribution in [2.24, 2.45) is 5.10 Å². The molecule has 1 aliphatic heterocycles. The van der Waals surface area contributed by atoms with E-state index in [9.17, 15) is 35.5 Å². The third kappa shape index (κ3) is 5.26. The Balaban J connectivity index is 1.36. The van der Waals surface area contributed by atoms with Gasteiger partial charge in [0.1, 0.15) is 23.0 Å². The molecule has 7 nitrogen and oxygen atoms in total. The number of nitrogens with zero attached hydrogens (tertiary/aromatic N) is 4. The van der Waals surface area contributed by atoms with Gasteiger partial charge in [-0.05, 0) is 37.3 Å². The molecule has 0 spiro atoms. The summed E-state index contributed by atoms with van der Waals surface area (Å²) in [6, 6.07) is 6.36. The van der Waals surface area contributed by atoms with Gasteiger partial charge in [-0.15, -0.1) is 0 Å². The number of carbonyl (C=O) groups excluding carboxylic acids is 1. The second kappa shape index (κ2) is 9.36. The fraction of sp³-hybridized carbons (Fsp3) is 0.200. The number of ketones is 1. The van der Waals surface area contributed by atoms with E-state index in [0.29, 0.717) is 29.1 Å². The molecule has 0 fully saturated rings. The van der Waals surface area contributed by atoms with Crippen molar-refractivity contribution in [1.29, 1.82) is 0 Å². The third-order valence-electron chi connectivity index (χ3n) is 5.95. The Labute approximate surface area is 214 Å². The number of hydrogen-bond acceptors (Lipinski definition) is 6. The minimum atomic E-state index is -5.06. The topological polar surface area (TPSA) is 87.4 Å². The first kappa shape index (κ1) is 26.1. The van der Waals surface area contributed by atoms with Gasteiger partial charge in [-0.1, -0.05) is 11.2 Å². The number of carbonyl (C=O) groups is 1. The van der Waals surface area contributed by atoms with E-state index in [1.807, 2.05) is 0 Å². The number of aromatic amines is 1. The van der Waals surface area contributed by atoms with Crippen LogP contribution in [0.15, 0.2) is 52.1 Å².